The fourth-order valence-electron chi connectivity index (χ4n) is 2.74. The molecular formula is C19H37N3O3S. The van der Waals surface area contributed by atoms with E-state index < -0.39 is 18.1 Å². The third-order valence-corrected chi connectivity index (χ3v) is 4.44. The first kappa shape index (κ1) is 24.9. The largest absolute Gasteiger partial charge is 0.345 e. The first-order valence-corrected chi connectivity index (χ1v) is 10.1. The molecule has 0 aromatic rings. The highest BCUT2D eigenvalue weighted by Crippen LogP contribution is 2.10. The molecule has 26 heavy (non-hydrogen) atoms. The monoisotopic (exact) mass is 387 g/mol. The summed E-state index contributed by atoms with van der Waals surface area (Å²) in [5.74, 6) is 0.000336. The molecule has 0 spiro atoms. The molecule has 2 amide bonds. The van der Waals surface area contributed by atoms with Crippen LogP contribution in [0.4, 0.5) is 0 Å². The summed E-state index contributed by atoms with van der Waals surface area (Å²) in [5, 5.41) is 5.60. The highest BCUT2D eigenvalue weighted by molar-refractivity contribution is 7.78. The van der Waals surface area contributed by atoms with E-state index in [1.54, 1.807) is 0 Å². The molecule has 0 saturated heterocycles. The fourth-order valence-corrected chi connectivity index (χ4v) is 2.96. The zero-order valence-electron chi connectivity index (χ0n) is 16.9. The van der Waals surface area contributed by atoms with E-state index in [4.69, 9.17) is 0 Å². The average Bonchev–Trinajstić information content (AvgIpc) is 2.57. The number of carbonyl (C=O) groups excluding carboxylic acids is 3. The number of amides is 2. The van der Waals surface area contributed by atoms with Gasteiger partial charge in [0, 0.05) is 0 Å². The van der Waals surface area contributed by atoms with Crippen LogP contribution < -0.4 is 15.4 Å². The molecule has 152 valence electrons. The number of hydrogen-bond donors (Lipinski definition) is 4. The number of thiol groups is 1. The number of aldehydes is 1. The van der Waals surface area contributed by atoms with Gasteiger partial charge in [0.1, 0.15) is 12.3 Å². The molecule has 0 saturated carbocycles. The van der Waals surface area contributed by atoms with Gasteiger partial charge in [-0.2, -0.15) is 0 Å². The summed E-state index contributed by atoms with van der Waals surface area (Å²) in [6, 6.07) is -1.63. The normalized spacial score (nSPS) is 14.8. The molecule has 0 aromatic heterocycles. The standard InChI is InChI=1S/C19H37N3O3S/c1-6-7-8-9-15(12-23)20-18(24)16(10-13(2)3)21-19(25)17(22-26)11-14(4)5/h12-17,22,26H,6-11H2,1-5H3,(H,20,24)(H,21,25)/t15-,16-,17-/m0/s1. The average molecular weight is 388 g/mol. The third-order valence-electron chi connectivity index (χ3n) is 4.13. The van der Waals surface area contributed by atoms with Crippen LogP contribution in [0.2, 0.25) is 0 Å². The van der Waals surface area contributed by atoms with Crippen LogP contribution in [0, 0.1) is 11.8 Å². The molecule has 0 aromatic carbocycles. The summed E-state index contributed by atoms with van der Waals surface area (Å²) in [4.78, 5) is 36.4. The van der Waals surface area contributed by atoms with Gasteiger partial charge in [-0.05, 0) is 31.1 Å². The number of unbranched alkanes of at least 4 members (excludes halogenated alkanes) is 2. The minimum atomic E-state index is -0.660. The molecule has 0 aliphatic rings. The van der Waals surface area contributed by atoms with Crippen molar-refractivity contribution in [2.24, 2.45) is 11.8 Å². The molecule has 0 aliphatic heterocycles. The van der Waals surface area contributed by atoms with Crippen LogP contribution in [-0.2, 0) is 14.4 Å². The van der Waals surface area contributed by atoms with Crippen molar-refractivity contribution < 1.29 is 14.4 Å². The Kier molecular flexibility index (Phi) is 13.5. The van der Waals surface area contributed by atoms with Crippen molar-refractivity contribution in [3.63, 3.8) is 0 Å². The smallest absolute Gasteiger partial charge is 0.243 e. The van der Waals surface area contributed by atoms with Crippen molar-refractivity contribution in [3.8, 4) is 0 Å². The van der Waals surface area contributed by atoms with Gasteiger partial charge in [0.25, 0.3) is 0 Å². The highest BCUT2D eigenvalue weighted by atomic mass is 32.1. The van der Waals surface area contributed by atoms with Gasteiger partial charge in [-0.1, -0.05) is 66.7 Å². The Morgan fingerprint density at radius 2 is 1.46 bits per heavy atom. The Hall–Kier alpha value is -1.08. The second kappa shape index (κ2) is 14.0. The predicted molar refractivity (Wildman–Crippen MR) is 109 cm³/mol. The lowest BCUT2D eigenvalue weighted by Gasteiger charge is -2.25. The van der Waals surface area contributed by atoms with E-state index in [2.05, 4.69) is 35.1 Å². The molecule has 0 unspecified atom stereocenters. The Bertz CT molecular complexity index is 430. The van der Waals surface area contributed by atoms with E-state index in [1.807, 2.05) is 27.7 Å². The molecule has 0 aliphatic carbocycles. The molecule has 0 radical (unpaired) electrons. The second-order valence-electron chi connectivity index (χ2n) is 7.75. The van der Waals surface area contributed by atoms with Crippen LogP contribution >= 0.6 is 12.8 Å². The summed E-state index contributed by atoms with van der Waals surface area (Å²) in [5.41, 5.74) is 0. The Morgan fingerprint density at radius 3 is 1.92 bits per heavy atom. The first-order chi connectivity index (χ1) is 12.2. The molecule has 0 bridgehead atoms. The maximum absolute atomic E-state index is 12.6. The second-order valence-corrected chi connectivity index (χ2v) is 8.01. The predicted octanol–water partition coefficient (Wildman–Crippen LogP) is 2.63. The minimum absolute atomic E-state index is 0.230. The van der Waals surface area contributed by atoms with Crippen molar-refractivity contribution in [1.82, 2.24) is 15.4 Å². The summed E-state index contributed by atoms with van der Waals surface area (Å²) in [6.45, 7) is 10.1. The fraction of sp³-hybridized carbons (Fsp3) is 0.842. The van der Waals surface area contributed by atoms with Gasteiger partial charge < -0.3 is 15.4 Å². The van der Waals surface area contributed by atoms with E-state index in [9.17, 15) is 14.4 Å². The van der Waals surface area contributed by atoms with Gasteiger partial charge in [-0.15, -0.1) is 0 Å². The van der Waals surface area contributed by atoms with Crippen LogP contribution in [0.3, 0.4) is 0 Å². The first-order valence-electron chi connectivity index (χ1n) is 9.70. The van der Waals surface area contributed by atoms with Gasteiger partial charge >= 0.3 is 0 Å². The summed E-state index contributed by atoms with van der Waals surface area (Å²) < 4.78 is 2.71. The quantitative estimate of drug-likeness (QED) is 0.210. The van der Waals surface area contributed by atoms with Gasteiger partial charge in [0.2, 0.25) is 11.8 Å². The van der Waals surface area contributed by atoms with Crippen LogP contribution in [0.1, 0.15) is 73.1 Å². The zero-order chi connectivity index (χ0) is 20.1. The Balaban J connectivity index is 4.91. The van der Waals surface area contributed by atoms with Gasteiger partial charge in [0.05, 0.1) is 12.1 Å². The van der Waals surface area contributed by atoms with E-state index >= 15 is 0 Å². The van der Waals surface area contributed by atoms with E-state index in [-0.39, 0.29) is 17.7 Å². The summed E-state index contributed by atoms with van der Waals surface area (Å²) in [7, 11) is 0. The molecule has 3 atom stereocenters. The van der Waals surface area contributed by atoms with Gasteiger partial charge in [-0.25, -0.2) is 0 Å². The summed E-state index contributed by atoms with van der Waals surface area (Å²) in [6.07, 6.45) is 5.51. The van der Waals surface area contributed by atoms with Crippen molar-refractivity contribution >= 4 is 30.9 Å². The minimum Gasteiger partial charge on any atom is -0.345 e. The van der Waals surface area contributed by atoms with E-state index in [0.717, 1.165) is 25.5 Å². The van der Waals surface area contributed by atoms with Gasteiger partial charge in [0.15, 0.2) is 0 Å². The number of rotatable bonds is 14. The van der Waals surface area contributed by atoms with Crippen molar-refractivity contribution in [3.05, 3.63) is 0 Å². The molecule has 0 heterocycles. The van der Waals surface area contributed by atoms with Crippen molar-refractivity contribution in [2.45, 2.75) is 91.3 Å². The molecule has 3 N–H and O–H groups in total. The Morgan fingerprint density at radius 1 is 0.923 bits per heavy atom. The molecule has 7 heteroatoms. The molecular weight excluding hydrogens is 350 g/mol. The zero-order valence-corrected chi connectivity index (χ0v) is 17.8. The van der Waals surface area contributed by atoms with Crippen molar-refractivity contribution in [2.75, 3.05) is 0 Å². The van der Waals surface area contributed by atoms with Crippen LogP contribution in [0.5, 0.6) is 0 Å². The topological polar surface area (TPSA) is 87.3 Å². The van der Waals surface area contributed by atoms with Crippen molar-refractivity contribution in [1.29, 1.82) is 0 Å². The number of carbonyl (C=O) groups is 3. The van der Waals surface area contributed by atoms with E-state index in [1.165, 1.54) is 0 Å². The Labute approximate surface area is 164 Å². The van der Waals surface area contributed by atoms with Crippen LogP contribution in [-0.4, -0.2) is 36.2 Å². The van der Waals surface area contributed by atoms with Crippen LogP contribution in [0.15, 0.2) is 0 Å². The maximum Gasteiger partial charge on any atom is 0.243 e. The lowest BCUT2D eigenvalue weighted by atomic mass is 10.00. The number of nitrogens with one attached hydrogen (secondary N) is 3. The highest BCUT2D eigenvalue weighted by Gasteiger charge is 2.27. The molecule has 0 rings (SSSR count). The lowest BCUT2D eigenvalue weighted by molar-refractivity contribution is -0.131. The van der Waals surface area contributed by atoms with Gasteiger partial charge in [-0.3, -0.25) is 14.3 Å². The summed E-state index contributed by atoms with van der Waals surface area (Å²) >= 11 is 4.03. The third kappa shape index (κ3) is 10.8. The maximum atomic E-state index is 12.6. The van der Waals surface area contributed by atoms with Crippen LogP contribution in [0.25, 0.3) is 0 Å². The SMILES string of the molecule is CCCCC[C@@H](C=O)NC(=O)[C@H](CC(C)C)NC(=O)[C@H](CC(C)C)NS. The molecule has 6 nitrogen and oxygen atoms in total. The number of hydrogen-bond acceptors (Lipinski definition) is 5. The molecule has 0 fully saturated rings. The van der Waals surface area contributed by atoms with E-state index in [0.29, 0.717) is 25.2 Å². The lowest BCUT2D eigenvalue weighted by Crippen LogP contribution is -2.54.